The fourth-order valence-electron chi connectivity index (χ4n) is 2.23. The highest BCUT2D eigenvalue weighted by molar-refractivity contribution is 6.10. The highest BCUT2D eigenvalue weighted by Gasteiger charge is 2.11. The van der Waals surface area contributed by atoms with Crippen LogP contribution in [0.4, 0.5) is 4.39 Å². The van der Waals surface area contributed by atoms with Gasteiger partial charge in [-0.2, -0.15) is 0 Å². The van der Waals surface area contributed by atoms with Crippen LogP contribution in [0.25, 0.3) is 10.9 Å². The highest BCUT2D eigenvalue weighted by Crippen LogP contribution is 2.17. The van der Waals surface area contributed by atoms with Crippen LogP contribution in [0.3, 0.4) is 0 Å². The lowest BCUT2D eigenvalue weighted by molar-refractivity contribution is 0.103. The quantitative estimate of drug-likeness (QED) is 0.657. The number of halogens is 1. The first kappa shape index (κ1) is 12.5. The van der Waals surface area contributed by atoms with Gasteiger partial charge in [0, 0.05) is 22.7 Å². The van der Waals surface area contributed by atoms with Gasteiger partial charge in [-0.05, 0) is 42.8 Å². The van der Waals surface area contributed by atoms with Gasteiger partial charge >= 0.3 is 0 Å². The second-order valence-corrected chi connectivity index (χ2v) is 4.76. The van der Waals surface area contributed by atoms with Crippen LogP contribution in [-0.2, 0) is 0 Å². The van der Waals surface area contributed by atoms with Crippen molar-refractivity contribution in [2.45, 2.75) is 6.92 Å². The van der Waals surface area contributed by atoms with E-state index in [1.807, 2.05) is 24.3 Å². The zero-order chi connectivity index (χ0) is 14.1. The van der Waals surface area contributed by atoms with Gasteiger partial charge in [-0.1, -0.05) is 18.2 Å². The third-order valence-corrected chi connectivity index (χ3v) is 3.16. The number of carbonyl (C=O) groups is 1. The Morgan fingerprint density at radius 1 is 1.05 bits per heavy atom. The highest BCUT2D eigenvalue weighted by atomic mass is 19.1. The number of benzene rings is 2. The number of hydrogen-bond donors (Lipinski definition) is 0. The number of hydrogen-bond acceptors (Lipinski definition) is 2. The zero-order valence-electron chi connectivity index (χ0n) is 10.9. The van der Waals surface area contributed by atoms with E-state index in [9.17, 15) is 9.18 Å². The monoisotopic (exact) mass is 265 g/mol. The van der Waals surface area contributed by atoms with Gasteiger partial charge < -0.3 is 0 Å². The smallest absolute Gasteiger partial charge is 0.194 e. The number of pyridine rings is 1. The van der Waals surface area contributed by atoms with E-state index >= 15 is 0 Å². The summed E-state index contributed by atoms with van der Waals surface area (Å²) >= 11 is 0. The molecule has 0 bridgehead atoms. The maximum atomic E-state index is 13.4. The molecule has 3 aromatic rings. The maximum Gasteiger partial charge on any atom is 0.194 e. The Balaban J connectivity index is 2.07. The lowest BCUT2D eigenvalue weighted by Gasteiger charge is -2.04. The predicted molar refractivity (Wildman–Crippen MR) is 76.3 cm³/mol. The summed E-state index contributed by atoms with van der Waals surface area (Å²) in [6, 6.07) is 13.7. The normalized spacial score (nSPS) is 10.7. The number of fused-ring (bicyclic) bond motifs is 1. The number of para-hydroxylation sites is 1. The maximum absolute atomic E-state index is 13.4. The molecule has 0 fully saturated rings. The molecular weight excluding hydrogens is 253 g/mol. The Morgan fingerprint density at radius 2 is 1.85 bits per heavy atom. The first-order valence-corrected chi connectivity index (χ1v) is 6.30. The SMILES string of the molecule is Cc1cc(F)cc(C(=O)c2cnc3ccccc3c2)c1. The van der Waals surface area contributed by atoms with Crippen molar-refractivity contribution in [3.8, 4) is 0 Å². The molecule has 0 saturated heterocycles. The molecule has 2 nitrogen and oxygen atoms in total. The topological polar surface area (TPSA) is 30.0 Å². The Kier molecular flexibility index (Phi) is 3.03. The molecule has 3 heteroatoms. The summed E-state index contributed by atoms with van der Waals surface area (Å²) in [5, 5.41) is 0.895. The second kappa shape index (κ2) is 4.85. The van der Waals surface area contributed by atoms with E-state index in [4.69, 9.17) is 0 Å². The number of rotatable bonds is 2. The molecule has 0 amide bonds. The Bertz CT molecular complexity index is 791. The van der Waals surface area contributed by atoms with E-state index in [-0.39, 0.29) is 5.78 Å². The number of aryl methyl sites for hydroxylation is 1. The van der Waals surface area contributed by atoms with E-state index < -0.39 is 5.82 Å². The third-order valence-electron chi connectivity index (χ3n) is 3.16. The van der Waals surface area contributed by atoms with E-state index in [1.54, 1.807) is 19.1 Å². The van der Waals surface area contributed by atoms with Gasteiger partial charge in [0.15, 0.2) is 5.78 Å². The summed E-state index contributed by atoms with van der Waals surface area (Å²) < 4.78 is 13.4. The van der Waals surface area contributed by atoms with Gasteiger partial charge in [0.1, 0.15) is 5.82 Å². The van der Waals surface area contributed by atoms with Gasteiger partial charge in [0.25, 0.3) is 0 Å². The second-order valence-electron chi connectivity index (χ2n) is 4.76. The first-order chi connectivity index (χ1) is 9.63. The molecule has 0 N–H and O–H groups in total. The summed E-state index contributed by atoms with van der Waals surface area (Å²) in [6.07, 6.45) is 1.53. The molecule has 2 aromatic carbocycles. The Hall–Kier alpha value is -2.55. The van der Waals surface area contributed by atoms with E-state index in [2.05, 4.69) is 4.98 Å². The van der Waals surface area contributed by atoms with Gasteiger partial charge in [0.05, 0.1) is 5.52 Å². The molecule has 0 aliphatic rings. The van der Waals surface area contributed by atoms with E-state index in [1.165, 1.54) is 18.3 Å². The third kappa shape index (κ3) is 2.30. The summed E-state index contributed by atoms with van der Waals surface area (Å²) in [6.45, 7) is 1.76. The lowest BCUT2D eigenvalue weighted by Crippen LogP contribution is -2.03. The Labute approximate surface area is 115 Å². The summed E-state index contributed by atoms with van der Waals surface area (Å²) in [7, 11) is 0. The van der Waals surface area contributed by atoms with Crippen molar-refractivity contribution in [2.75, 3.05) is 0 Å². The molecule has 1 heterocycles. The van der Waals surface area contributed by atoms with Crippen LogP contribution in [0.2, 0.25) is 0 Å². The van der Waals surface area contributed by atoms with Crippen molar-refractivity contribution in [3.05, 3.63) is 77.2 Å². The predicted octanol–water partition coefficient (Wildman–Crippen LogP) is 3.91. The largest absolute Gasteiger partial charge is 0.289 e. The minimum absolute atomic E-state index is 0.217. The zero-order valence-corrected chi connectivity index (χ0v) is 10.9. The molecule has 1 aromatic heterocycles. The Morgan fingerprint density at radius 3 is 2.65 bits per heavy atom. The fourth-order valence-corrected chi connectivity index (χ4v) is 2.23. The van der Waals surface area contributed by atoms with Crippen molar-refractivity contribution in [2.24, 2.45) is 0 Å². The molecule has 0 aliphatic heterocycles. The standard InChI is InChI=1S/C17H12FNO/c1-11-6-13(9-15(18)7-11)17(20)14-8-12-4-2-3-5-16(12)19-10-14/h2-10H,1H3. The molecule has 0 aliphatic carbocycles. The average molecular weight is 265 g/mol. The van der Waals surface area contributed by atoms with Crippen molar-refractivity contribution in [1.82, 2.24) is 4.98 Å². The number of aromatic nitrogens is 1. The minimum Gasteiger partial charge on any atom is -0.289 e. The van der Waals surface area contributed by atoms with Gasteiger partial charge in [-0.15, -0.1) is 0 Å². The van der Waals surface area contributed by atoms with Crippen molar-refractivity contribution < 1.29 is 9.18 Å². The minimum atomic E-state index is -0.401. The molecule has 0 unspecified atom stereocenters. The van der Waals surface area contributed by atoms with Crippen LogP contribution in [0.15, 0.2) is 54.7 Å². The van der Waals surface area contributed by atoms with Gasteiger partial charge in [-0.3, -0.25) is 9.78 Å². The number of carbonyl (C=O) groups excluding carboxylic acids is 1. The fraction of sp³-hybridized carbons (Fsp3) is 0.0588. The van der Waals surface area contributed by atoms with Crippen LogP contribution in [0.5, 0.6) is 0 Å². The van der Waals surface area contributed by atoms with Crippen molar-refractivity contribution in [3.63, 3.8) is 0 Å². The summed E-state index contributed by atoms with van der Waals surface area (Å²) in [5.41, 5.74) is 2.37. The molecule has 3 rings (SSSR count). The number of nitrogens with zero attached hydrogens (tertiary/aromatic N) is 1. The van der Waals surface area contributed by atoms with E-state index in [0.29, 0.717) is 11.1 Å². The van der Waals surface area contributed by atoms with Crippen LogP contribution in [-0.4, -0.2) is 10.8 Å². The van der Waals surface area contributed by atoms with Crippen LogP contribution in [0.1, 0.15) is 21.5 Å². The first-order valence-electron chi connectivity index (χ1n) is 6.30. The van der Waals surface area contributed by atoms with E-state index in [0.717, 1.165) is 16.5 Å². The molecule has 0 radical (unpaired) electrons. The van der Waals surface area contributed by atoms with Crippen molar-refractivity contribution in [1.29, 1.82) is 0 Å². The molecular formula is C17H12FNO. The molecule has 0 spiro atoms. The number of ketones is 1. The van der Waals surface area contributed by atoms with Crippen LogP contribution < -0.4 is 0 Å². The molecule has 0 saturated carbocycles. The lowest BCUT2D eigenvalue weighted by atomic mass is 10.0. The molecule has 20 heavy (non-hydrogen) atoms. The van der Waals surface area contributed by atoms with Gasteiger partial charge in [-0.25, -0.2) is 4.39 Å². The average Bonchev–Trinajstić information content (AvgIpc) is 2.45. The molecule has 98 valence electrons. The van der Waals surface area contributed by atoms with Crippen LogP contribution >= 0.6 is 0 Å². The summed E-state index contributed by atoms with van der Waals surface area (Å²) in [4.78, 5) is 16.6. The van der Waals surface area contributed by atoms with Gasteiger partial charge in [0.2, 0.25) is 0 Å². The summed E-state index contributed by atoms with van der Waals surface area (Å²) in [5.74, 6) is -0.618. The molecule has 0 atom stereocenters. The van der Waals surface area contributed by atoms with Crippen molar-refractivity contribution >= 4 is 16.7 Å². The van der Waals surface area contributed by atoms with Crippen LogP contribution in [0, 0.1) is 12.7 Å².